The number of hydrogen-bond donors (Lipinski definition) is 2. The van der Waals surface area contributed by atoms with E-state index >= 15 is 0 Å². The van der Waals surface area contributed by atoms with Crippen LogP contribution in [0.1, 0.15) is 31.1 Å². The second kappa shape index (κ2) is 6.39. The first-order valence-corrected chi connectivity index (χ1v) is 10.2. The van der Waals surface area contributed by atoms with Crippen LogP contribution in [0.4, 0.5) is 5.69 Å². The molecule has 0 amide bonds. The third-order valence-corrected chi connectivity index (χ3v) is 6.40. The summed E-state index contributed by atoms with van der Waals surface area (Å²) in [6, 6.07) is 8.35. The number of H-pyrrole nitrogens is 1. The van der Waals surface area contributed by atoms with E-state index < -0.39 is 5.41 Å². The molecule has 1 aliphatic carbocycles. The number of aliphatic hydroxyl groups is 1. The van der Waals surface area contributed by atoms with Gasteiger partial charge in [-0.05, 0) is 29.9 Å². The summed E-state index contributed by atoms with van der Waals surface area (Å²) >= 11 is 0. The lowest BCUT2D eigenvalue weighted by Gasteiger charge is -2.22. The maximum absolute atomic E-state index is 12.8. The zero-order chi connectivity index (χ0) is 20.3. The number of aliphatic hydroxyl groups excluding tert-OH is 1. The minimum atomic E-state index is -0.476. The van der Waals surface area contributed by atoms with Gasteiger partial charge in [0.05, 0.1) is 17.5 Å². The van der Waals surface area contributed by atoms with E-state index in [-0.39, 0.29) is 5.78 Å². The minimum absolute atomic E-state index is 0.0543. The van der Waals surface area contributed by atoms with Gasteiger partial charge in [-0.25, -0.2) is 9.97 Å². The topological polar surface area (TPSA) is 82.1 Å². The summed E-state index contributed by atoms with van der Waals surface area (Å²) in [5.74, 6) is 1.81. The summed E-state index contributed by atoms with van der Waals surface area (Å²) in [5.41, 5.74) is 4.30. The van der Waals surface area contributed by atoms with E-state index in [1.165, 1.54) is 5.69 Å². The Morgan fingerprint density at radius 3 is 2.72 bits per heavy atom. The van der Waals surface area contributed by atoms with Gasteiger partial charge in [0.2, 0.25) is 0 Å². The average Bonchev–Trinajstić information content (AvgIpc) is 3.05. The highest BCUT2D eigenvalue weighted by Crippen LogP contribution is 2.52. The van der Waals surface area contributed by atoms with Gasteiger partial charge in [0, 0.05) is 42.6 Å². The quantitative estimate of drug-likeness (QED) is 0.666. The molecule has 29 heavy (non-hydrogen) atoms. The normalized spacial score (nSPS) is 23.4. The van der Waals surface area contributed by atoms with Crippen molar-refractivity contribution >= 4 is 22.6 Å². The van der Waals surface area contributed by atoms with Crippen LogP contribution in [0.2, 0.25) is 0 Å². The van der Waals surface area contributed by atoms with Gasteiger partial charge in [0.15, 0.2) is 11.4 Å². The van der Waals surface area contributed by atoms with Crippen molar-refractivity contribution in [3.63, 3.8) is 0 Å². The summed E-state index contributed by atoms with van der Waals surface area (Å²) in [6.45, 7) is 8.06. The van der Waals surface area contributed by atoms with Gasteiger partial charge >= 0.3 is 0 Å². The van der Waals surface area contributed by atoms with Crippen molar-refractivity contribution in [1.82, 2.24) is 15.0 Å². The molecule has 2 aliphatic rings. The first-order chi connectivity index (χ1) is 13.9. The number of carbonyl (C=O) groups excluding carboxylic acids is 1. The average molecular weight is 390 g/mol. The molecule has 3 atom stereocenters. The van der Waals surface area contributed by atoms with Crippen molar-refractivity contribution in [3.8, 4) is 11.3 Å². The largest absolute Gasteiger partial charge is 0.396 e. The third-order valence-electron chi connectivity index (χ3n) is 6.40. The van der Waals surface area contributed by atoms with E-state index in [1.54, 1.807) is 12.4 Å². The Morgan fingerprint density at radius 2 is 2.03 bits per heavy atom. The molecule has 2 aromatic heterocycles. The van der Waals surface area contributed by atoms with Crippen LogP contribution < -0.4 is 4.90 Å². The number of nitrogens with zero attached hydrogens (tertiary/aromatic N) is 3. The number of anilines is 1. The second-order valence-corrected chi connectivity index (χ2v) is 9.36. The molecule has 3 aromatic rings. The van der Waals surface area contributed by atoms with Crippen molar-refractivity contribution in [1.29, 1.82) is 0 Å². The highest BCUT2D eigenvalue weighted by molar-refractivity contribution is 6.08. The van der Waals surface area contributed by atoms with E-state index in [0.29, 0.717) is 41.1 Å². The smallest absolute Gasteiger partial charge is 0.171 e. The second-order valence-electron chi connectivity index (χ2n) is 9.36. The monoisotopic (exact) mass is 390 g/mol. The van der Waals surface area contributed by atoms with E-state index in [0.717, 1.165) is 24.3 Å². The molecule has 6 heteroatoms. The molecular weight excluding hydrogens is 364 g/mol. The molecule has 0 radical (unpaired) electrons. The molecular formula is C23H26N4O2. The SMILES string of the molecule is CC(C)(C)C(=O)c1c[nH]c2ncc(-c3cccc(N4C[C@@H]5[C@H](CO)[C@@H]5C4)c3)nc12. The Bertz CT molecular complexity index is 1090. The third kappa shape index (κ3) is 3.02. The molecule has 1 aromatic carbocycles. The minimum Gasteiger partial charge on any atom is -0.396 e. The molecule has 5 rings (SSSR count). The molecule has 6 nitrogen and oxygen atoms in total. The van der Waals surface area contributed by atoms with E-state index in [9.17, 15) is 9.90 Å². The Hall–Kier alpha value is -2.73. The number of aromatic amines is 1. The number of aromatic nitrogens is 3. The fourth-order valence-electron chi connectivity index (χ4n) is 4.60. The van der Waals surface area contributed by atoms with Gasteiger partial charge in [-0.1, -0.05) is 32.9 Å². The Balaban J connectivity index is 1.46. The molecule has 2 N–H and O–H groups in total. The van der Waals surface area contributed by atoms with Crippen LogP contribution in [0.15, 0.2) is 36.7 Å². The maximum atomic E-state index is 12.8. The Morgan fingerprint density at radius 1 is 1.28 bits per heavy atom. The lowest BCUT2D eigenvalue weighted by atomic mass is 9.87. The Kier molecular flexibility index (Phi) is 4.03. The zero-order valence-electron chi connectivity index (χ0n) is 17.0. The lowest BCUT2D eigenvalue weighted by molar-refractivity contribution is 0.0860. The number of piperidine rings is 1. The molecule has 1 aliphatic heterocycles. The van der Waals surface area contributed by atoms with Gasteiger partial charge in [-0.3, -0.25) is 4.79 Å². The number of nitrogens with one attached hydrogen (secondary N) is 1. The van der Waals surface area contributed by atoms with Crippen molar-refractivity contribution in [3.05, 3.63) is 42.2 Å². The first-order valence-electron chi connectivity index (χ1n) is 10.2. The number of fused-ring (bicyclic) bond motifs is 2. The Labute approximate surface area is 170 Å². The van der Waals surface area contributed by atoms with Crippen molar-refractivity contribution in [2.75, 3.05) is 24.6 Å². The predicted octanol–water partition coefficient (Wildman–Crippen LogP) is 3.53. The van der Waals surface area contributed by atoms with Crippen LogP contribution >= 0.6 is 0 Å². The molecule has 2 fully saturated rings. The van der Waals surface area contributed by atoms with Crippen LogP contribution in [0.3, 0.4) is 0 Å². The number of Topliss-reactive ketones (excluding diaryl/α,β-unsaturated/α-hetero) is 1. The summed E-state index contributed by atoms with van der Waals surface area (Å²) in [7, 11) is 0. The van der Waals surface area contributed by atoms with Crippen LogP contribution in [-0.2, 0) is 0 Å². The first kappa shape index (κ1) is 18.3. The summed E-state index contributed by atoms with van der Waals surface area (Å²) < 4.78 is 0. The summed E-state index contributed by atoms with van der Waals surface area (Å²) in [5, 5.41) is 9.38. The molecule has 3 heterocycles. The standard InChI is InChI=1S/C23H26N4O2/c1-23(2,3)21(29)15-8-24-22-20(15)26-19(9-25-22)13-5-4-6-14(7-13)27-10-16-17(11-27)18(16)12-28/h4-9,16-18,28H,10-12H2,1-3H3,(H,24,25)/t16-,17+,18-. The molecule has 1 saturated carbocycles. The molecule has 0 unspecified atom stereocenters. The van der Waals surface area contributed by atoms with Crippen molar-refractivity contribution in [2.45, 2.75) is 20.8 Å². The maximum Gasteiger partial charge on any atom is 0.171 e. The molecule has 150 valence electrons. The fourth-order valence-corrected chi connectivity index (χ4v) is 4.60. The van der Waals surface area contributed by atoms with Gasteiger partial charge < -0.3 is 15.0 Å². The van der Waals surface area contributed by atoms with Gasteiger partial charge in [-0.15, -0.1) is 0 Å². The van der Waals surface area contributed by atoms with Gasteiger partial charge in [-0.2, -0.15) is 0 Å². The van der Waals surface area contributed by atoms with E-state index in [2.05, 4.69) is 27.0 Å². The number of ketones is 1. The van der Waals surface area contributed by atoms with Crippen LogP contribution in [0.25, 0.3) is 22.4 Å². The lowest BCUT2D eigenvalue weighted by Crippen LogP contribution is -2.24. The molecule has 0 spiro atoms. The highest BCUT2D eigenvalue weighted by Gasteiger charge is 2.55. The summed E-state index contributed by atoms with van der Waals surface area (Å²) in [6.07, 6.45) is 3.47. The van der Waals surface area contributed by atoms with E-state index in [4.69, 9.17) is 4.98 Å². The number of rotatable bonds is 4. The van der Waals surface area contributed by atoms with Crippen molar-refractivity contribution in [2.24, 2.45) is 23.2 Å². The molecule has 0 bridgehead atoms. The van der Waals surface area contributed by atoms with Gasteiger partial charge in [0.1, 0.15) is 5.52 Å². The summed E-state index contributed by atoms with van der Waals surface area (Å²) in [4.78, 5) is 27.5. The number of hydrogen-bond acceptors (Lipinski definition) is 5. The fraction of sp³-hybridized carbons (Fsp3) is 0.435. The predicted molar refractivity (Wildman–Crippen MR) is 113 cm³/mol. The van der Waals surface area contributed by atoms with Crippen LogP contribution in [-0.4, -0.2) is 45.5 Å². The van der Waals surface area contributed by atoms with Gasteiger partial charge in [0.25, 0.3) is 0 Å². The highest BCUT2D eigenvalue weighted by atomic mass is 16.3. The van der Waals surface area contributed by atoms with Crippen LogP contribution in [0, 0.1) is 23.2 Å². The number of carbonyl (C=O) groups is 1. The zero-order valence-corrected chi connectivity index (χ0v) is 17.0. The van der Waals surface area contributed by atoms with Crippen LogP contribution in [0.5, 0.6) is 0 Å². The van der Waals surface area contributed by atoms with Crippen molar-refractivity contribution < 1.29 is 9.90 Å². The molecule has 1 saturated heterocycles. The van der Waals surface area contributed by atoms with E-state index in [1.807, 2.05) is 32.9 Å². The number of benzene rings is 1.